The smallest absolute Gasteiger partial charge is 0.334 e. The van der Waals surface area contributed by atoms with Crippen LogP contribution in [0, 0.1) is 46.8 Å². The van der Waals surface area contributed by atoms with E-state index < -0.39 is 0 Å². The molecular formula is C34H52O4. The van der Waals surface area contributed by atoms with Crippen LogP contribution in [0.1, 0.15) is 105 Å². The van der Waals surface area contributed by atoms with E-state index in [1.165, 1.54) is 50.4 Å². The standard InChI is InChI=1S/C34H52O4/c1-6-29-24(4)33(37)38-32(29)20-22(2)19-28-15-16-31-27(9-7-17-34(28,31)5)14-12-25-11-13-26(10-8-18-35)30(21-36)23(25)3/h12,14,21-23,26,28-32,35H,4,6-11,13,15-20H2,1-3,5H3/b25-12-,27-14+/t22-,23?,26-,28?,29-,30+,31-,32+,34+/m0/s1. The average Bonchev–Trinajstić information content (AvgIpc) is 3.36. The molecule has 38 heavy (non-hydrogen) atoms. The number of cyclic esters (lactones) is 1. The first-order valence-electron chi connectivity index (χ1n) is 15.6. The van der Waals surface area contributed by atoms with Crippen LogP contribution in [0.5, 0.6) is 0 Å². The van der Waals surface area contributed by atoms with Gasteiger partial charge in [-0.15, -0.1) is 0 Å². The molecule has 1 heterocycles. The van der Waals surface area contributed by atoms with Gasteiger partial charge in [0.1, 0.15) is 12.4 Å². The lowest BCUT2D eigenvalue weighted by molar-refractivity contribution is -0.139. The van der Waals surface area contributed by atoms with E-state index in [-0.39, 0.29) is 30.5 Å². The van der Waals surface area contributed by atoms with E-state index in [4.69, 9.17) is 4.74 Å². The molecule has 3 saturated carbocycles. The molecule has 4 nitrogen and oxygen atoms in total. The van der Waals surface area contributed by atoms with Crippen molar-refractivity contribution in [2.45, 2.75) is 111 Å². The van der Waals surface area contributed by atoms with Crippen molar-refractivity contribution in [3.63, 3.8) is 0 Å². The summed E-state index contributed by atoms with van der Waals surface area (Å²) >= 11 is 0. The molecule has 0 amide bonds. The summed E-state index contributed by atoms with van der Waals surface area (Å²) in [5.41, 5.74) is 4.09. The Hall–Kier alpha value is -1.68. The van der Waals surface area contributed by atoms with Crippen molar-refractivity contribution >= 4 is 12.3 Å². The van der Waals surface area contributed by atoms with Gasteiger partial charge in [-0.1, -0.05) is 57.6 Å². The quantitative estimate of drug-likeness (QED) is 0.181. The van der Waals surface area contributed by atoms with Crippen molar-refractivity contribution in [3.8, 4) is 0 Å². The Kier molecular flexibility index (Phi) is 9.77. The average molecular weight is 525 g/mol. The summed E-state index contributed by atoms with van der Waals surface area (Å²) in [4.78, 5) is 24.0. The van der Waals surface area contributed by atoms with Crippen molar-refractivity contribution in [1.29, 1.82) is 0 Å². The first kappa shape index (κ1) is 29.3. The summed E-state index contributed by atoms with van der Waals surface area (Å²) in [7, 11) is 0. The highest BCUT2D eigenvalue weighted by Crippen LogP contribution is 2.59. The number of hydrogen-bond donors (Lipinski definition) is 1. The van der Waals surface area contributed by atoms with E-state index in [2.05, 4.69) is 46.4 Å². The summed E-state index contributed by atoms with van der Waals surface area (Å²) in [6.07, 6.45) is 19.3. The number of aliphatic hydroxyl groups excluding tert-OH is 1. The van der Waals surface area contributed by atoms with E-state index >= 15 is 0 Å². The maximum absolute atomic E-state index is 12.1. The van der Waals surface area contributed by atoms with Crippen LogP contribution >= 0.6 is 0 Å². The van der Waals surface area contributed by atoms with Crippen LogP contribution in [0.4, 0.5) is 0 Å². The molecule has 1 saturated heterocycles. The Balaban J connectivity index is 1.40. The summed E-state index contributed by atoms with van der Waals surface area (Å²) in [5.74, 6) is 2.69. The van der Waals surface area contributed by atoms with Gasteiger partial charge < -0.3 is 14.6 Å². The van der Waals surface area contributed by atoms with Crippen molar-refractivity contribution in [1.82, 2.24) is 0 Å². The molecule has 0 spiro atoms. The number of esters is 1. The lowest BCUT2D eigenvalue weighted by atomic mass is 9.62. The number of rotatable bonds is 10. The first-order chi connectivity index (χ1) is 18.2. The fourth-order valence-electron chi connectivity index (χ4n) is 8.90. The van der Waals surface area contributed by atoms with Gasteiger partial charge in [-0.25, -0.2) is 4.79 Å². The van der Waals surface area contributed by atoms with Crippen LogP contribution in [-0.2, 0) is 14.3 Å². The fraction of sp³-hybridized carbons (Fsp3) is 0.765. The van der Waals surface area contributed by atoms with Crippen molar-refractivity contribution in [2.75, 3.05) is 6.61 Å². The number of aliphatic hydroxyl groups is 1. The van der Waals surface area contributed by atoms with Crippen LogP contribution in [0.3, 0.4) is 0 Å². The Labute approximate surface area is 231 Å². The van der Waals surface area contributed by atoms with Gasteiger partial charge in [-0.3, -0.25) is 0 Å². The molecule has 0 aromatic carbocycles. The van der Waals surface area contributed by atoms with Crippen LogP contribution in [0.25, 0.3) is 0 Å². The summed E-state index contributed by atoms with van der Waals surface area (Å²) < 4.78 is 5.71. The fourth-order valence-corrected chi connectivity index (χ4v) is 8.90. The molecule has 0 bridgehead atoms. The maximum atomic E-state index is 12.1. The molecule has 3 aliphatic carbocycles. The lowest BCUT2D eigenvalue weighted by Gasteiger charge is -2.43. The van der Waals surface area contributed by atoms with Crippen LogP contribution in [0.15, 0.2) is 35.5 Å². The molecule has 2 unspecified atom stereocenters. The van der Waals surface area contributed by atoms with E-state index in [1.54, 1.807) is 5.57 Å². The third-order valence-corrected chi connectivity index (χ3v) is 11.3. The SMILES string of the molecule is C=C1C(=O)O[C@H](C[C@@H](C)CC2CC[C@H]3/C(=C/C=C4/CC[C@H](CCCO)[C@H](C=O)C4C)CCC[C@]23C)[C@H]1CC. The topological polar surface area (TPSA) is 63.6 Å². The van der Waals surface area contributed by atoms with Crippen LogP contribution < -0.4 is 0 Å². The largest absolute Gasteiger partial charge is 0.458 e. The molecule has 212 valence electrons. The van der Waals surface area contributed by atoms with Gasteiger partial charge in [0, 0.05) is 24.0 Å². The van der Waals surface area contributed by atoms with Gasteiger partial charge in [0.15, 0.2) is 0 Å². The second kappa shape index (κ2) is 12.7. The Bertz CT molecular complexity index is 931. The molecule has 0 aromatic heterocycles. The predicted molar refractivity (Wildman–Crippen MR) is 153 cm³/mol. The van der Waals surface area contributed by atoms with Gasteiger partial charge in [0.25, 0.3) is 0 Å². The zero-order chi connectivity index (χ0) is 27.4. The van der Waals surface area contributed by atoms with Crippen molar-refractivity contribution in [2.24, 2.45) is 46.8 Å². The number of ether oxygens (including phenoxy) is 1. The second-order valence-corrected chi connectivity index (χ2v) is 13.4. The highest BCUT2D eigenvalue weighted by Gasteiger charge is 2.49. The molecule has 1 aliphatic heterocycles. The third kappa shape index (κ3) is 5.91. The van der Waals surface area contributed by atoms with E-state index in [0.717, 1.165) is 44.4 Å². The molecule has 4 aliphatic rings. The minimum Gasteiger partial charge on any atom is -0.458 e. The first-order valence-corrected chi connectivity index (χ1v) is 15.6. The van der Waals surface area contributed by atoms with Gasteiger partial charge in [-0.05, 0) is 112 Å². The van der Waals surface area contributed by atoms with E-state index in [9.17, 15) is 14.7 Å². The zero-order valence-corrected chi connectivity index (χ0v) is 24.4. The molecular weight excluding hydrogens is 472 g/mol. The molecule has 9 atom stereocenters. The highest BCUT2D eigenvalue weighted by molar-refractivity contribution is 5.90. The summed E-state index contributed by atoms with van der Waals surface area (Å²) in [6.45, 7) is 13.5. The zero-order valence-electron chi connectivity index (χ0n) is 24.4. The molecule has 4 fully saturated rings. The normalized spacial score (nSPS) is 40.4. The van der Waals surface area contributed by atoms with Crippen molar-refractivity contribution in [3.05, 3.63) is 35.5 Å². The molecule has 4 heteroatoms. The Morgan fingerprint density at radius 3 is 2.63 bits per heavy atom. The van der Waals surface area contributed by atoms with E-state index in [1.807, 2.05) is 0 Å². The summed E-state index contributed by atoms with van der Waals surface area (Å²) in [6, 6.07) is 0. The Morgan fingerprint density at radius 1 is 1.16 bits per heavy atom. The third-order valence-electron chi connectivity index (χ3n) is 11.3. The van der Waals surface area contributed by atoms with Gasteiger partial charge >= 0.3 is 5.97 Å². The van der Waals surface area contributed by atoms with Crippen LogP contribution in [0.2, 0.25) is 0 Å². The van der Waals surface area contributed by atoms with Crippen LogP contribution in [-0.4, -0.2) is 30.1 Å². The minimum atomic E-state index is -0.189. The molecule has 4 rings (SSSR count). The predicted octanol–water partition coefficient (Wildman–Crippen LogP) is 7.61. The number of carbonyl (C=O) groups excluding carboxylic acids is 2. The van der Waals surface area contributed by atoms with Gasteiger partial charge in [-0.2, -0.15) is 0 Å². The number of allylic oxidation sites excluding steroid dienone is 4. The van der Waals surface area contributed by atoms with Gasteiger partial charge in [0.2, 0.25) is 0 Å². The number of aldehydes is 1. The van der Waals surface area contributed by atoms with E-state index in [0.29, 0.717) is 34.7 Å². The molecule has 0 aromatic rings. The highest BCUT2D eigenvalue weighted by atomic mass is 16.6. The van der Waals surface area contributed by atoms with Gasteiger partial charge in [0.05, 0.1) is 0 Å². The number of carbonyl (C=O) groups is 2. The number of hydrogen-bond acceptors (Lipinski definition) is 4. The monoisotopic (exact) mass is 524 g/mol. The van der Waals surface area contributed by atoms with Crippen molar-refractivity contribution < 1.29 is 19.4 Å². The lowest BCUT2D eigenvalue weighted by Crippen LogP contribution is -2.34. The second-order valence-electron chi connectivity index (χ2n) is 13.4. The number of fused-ring (bicyclic) bond motifs is 1. The minimum absolute atomic E-state index is 0.00403. The maximum Gasteiger partial charge on any atom is 0.334 e. The Morgan fingerprint density at radius 2 is 1.92 bits per heavy atom. The molecule has 0 radical (unpaired) electrons. The molecule has 1 N–H and O–H groups in total. The summed E-state index contributed by atoms with van der Waals surface area (Å²) in [5, 5.41) is 9.24.